The molecule has 0 radical (unpaired) electrons. The third-order valence-corrected chi connectivity index (χ3v) is 5.73. The molecule has 3 nitrogen and oxygen atoms in total. The summed E-state index contributed by atoms with van der Waals surface area (Å²) in [5, 5.41) is 2.41. The highest BCUT2D eigenvalue weighted by Crippen LogP contribution is 2.32. The standard InChI is InChI=1S/C18H23F3N2O/c1-11(23-9-8-12-4-2-3-5-13(12)10-23)18(24)22-15-7-6-14(19)16(20)17(15)21/h6-7,11-13H,2-5,8-10H2,1H3,(H,22,24)/p+1/t11-,12+,13-/m1/s1. The summed E-state index contributed by atoms with van der Waals surface area (Å²) in [5.41, 5.74) is -0.308. The zero-order chi connectivity index (χ0) is 17.3. The molecule has 2 fully saturated rings. The molecule has 24 heavy (non-hydrogen) atoms. The molecule has 4 atom stereocenters. The second kappa shape index (κ2) is 7.13. The minimum Gasteiger partial charge on any atom is -0.325 e. The monoisotopic (exact) mass is 341 g/mol. The molecule has 1 heterocycles. The van der Waals surface area contributed by atoms with E-state index < -0.39 is 17.5 Å². The lowest BCUT2D eigenvalue weighted by molar-refractivity contribution is -0.924. The van der Waals surface area contributed by atoms with Crippen LogP contribution in [0.4, 0.5) is 18.9 Å². The van der Waals surface area contributed by atoms with E-state index in [2.05, 4.69) is 5.32 Å². The van der Waals surface area contributed by atoms with Gasteiger partial charge in [-0.3, -0.25) is 4.79 Å². The third kappa shape index (κ3) is 3.43. The Morgan fingerprint density at radius 3 is 2.58 bits per heavy atom. The summed E-state index contributed by atoms with van der Waals surface area (Å²) in [7, 11) is 0. The smallest absolute Gasteiger partial charge is 0.282 e. The summed E-state index contributed by atoms with van der Waals surface area (Å²) in [6.07, 6.45) is 6.20. The van der Waals surface area contributed by atoms with Crippen molar-refractivity contribution in [1.29, 1.82) is 0 Å². The van der Waals surface area contributed by atoms with Crippen LogP contribution in [0.15, 0.2) is 12.1 Å². The predicted octanol–water partition coefficient (Wildman–Crippen LogP) is 2.53. The summed E-state index contributed by atoms with van der Waals surface area (Å²) in [6.45, 7) is 3.70. The summed E-state index contributed by atoms with van der Waals surface area (Å²) < 4.78 is 40.0. The quantitative estimate of drug-likeness (QED) is 0.814. The highest BCUT2D eigenvalue weighted by atomic mass is 19.2. The van der Waals surface area contributed by atoms with Crippen LogP contribution in [0.5, 0.6) is 0 Å². The van der Waals surface area contributed by atoms with E-state index in [1.165, 1.54) is 30.6 Å². The molecule has 6 heteroatoms. The fourth-order valence-electron chi connectivity index (χ4n) is 4.18. The number of hydrogen-bond donors (Lipinski definition) is 2. The highest BCUT2D eigenvalue weighted by molar-refractivity contribution is 5.93. The Morgan fingerprint density at radius 1 is 1.12 bits per heavy atom. The number of rotatable bonds is 3. The number of quaternary nitrogens is 1. The summed E-state index contributed by atoms with van der Waals surface area (Å²) in [6, 6.07) is 1.53. The second-order valence-corrected chi connectivity index (χ2v) is 7.14. The first-order valence-corrected chi connectivity index (χ1v) is 8.76. The number of benzene rings is 1. The van der Waals surface area contributed by atoms with Crippen molar-refractivity contribution in [2.75, 3.05) is 18.4 Å². The maximum atomic E-state index is 13.7. The molecule has 0 spiro atoms. The number of hydrogen-bond acceptors (Lipinski definition) is 1. The molecule has 1 unspecified atom stereocenters. The summed E-state index contributed by atoms with van der Waals surface area (Å²) >= 11 is 0. The highest BCUT2D eigenvalue weighted by Gasteiger charge is 2.37. The van der Waals surface area contributed by atoms with Gasteiger partial charge >= 0.3 is 0 Å². The van der Waals surface area contributed by atoms with Crippen molar-refractivity contribution in [3.63, 3.8) is 0 Å². The molecule has 1 saturated heterocycles. The van der Waals surface area contributed by atoms with Gasteiger partial charge in [-0.15, -0.1) is 0 Å². The van der Waals surface area contributed by atoms with E-state index in [1.807, 2.05) is 6.92 Å². The maximum absolute atomic E-state index is 13.7. The fourth-order valence-corrected chi connectivity index (χ4v) is 4.18. The van der Waals surface area contributed by atoms with Crippen molar-refractivity contribution in [1.82, 2.24) is 0 Å². The van der Waals surface area contributed by atoms with Gasteiger partial charge in [0.15, 0.2) is 23.5 Å². The Balaban J connectivity index is 1.64. The van der Waals surface area contributed by atoms with Crippen LogP contribution in [-0.4, -0.2) is 25.0 Å². The topological polar surface area (TPSA) is 33.5 Å². The van der Waals surface area contributed by atoms with E-state index in [4.69, 9.17) is 0 Å². The van der Waals surface area contributed by atoms with Crippen LogP contribution in [-0.2, 0) is 4.79 Å². The van der Waals surface area contributed by atoms with Crippen molar-refractivity contribution in [2.24, 2.45) is 11.8 Å². The van der Waals surface area contributed by atoms with Gasteiger partial charge in [0.2, 0.25) is 0 Å². The molecular formula is C18H24F3N2O+. The zero-order valence-electron chi connectivity index (χ0n) is 13.9. The van der Waals surface area contributed by atoms with Gasteiger partial charge in [-0.1, -0.05) is 12.8 Å². The van der Waals surface area contributed by atoms with Crippen molar-refractivity contribution in [3.8, 4) is 0 Å². The first kappa shape index (κ1) is 17.3. The Morgan fingerprint density at radius 2 is 1.83 bits per heavy atom. The van der Waals surface area contributed by atoms with E-state index in [0.29, 0.717) is 5.92 Å². The Kier molecular flexibility index (Phi) is 5.13. The van der Waals surface area contributed by atoms with Gasteiger partial charge in [-0.2, -0.15) is 0 Å². The number of fused-ring (bicyclic) bond motifs is 1. The number of carbonyl (C=O) groups excluding carboxylic acids is 1. The molecule has 0 bridgehead atoms. The minimum atomic E-state index is -1.56. The average Bonchev–Trinajstić information content (AvgIpc) is 2.61. The van der Waals surface area contributed by atoms with Crippen LogP contribution in [0, 0.1) is 29.3 Å². The number of anilines is 1. The van der Waals surface area contributed by atoms with Gasteiger partial charge in [-0.25, -0.2) is 13.2 Å². The van der Waals surface area contributed by atoms with Crippen LogP contribution in [0.2, 0.25) is 0 Å². The molecule has 2 aliphatic rings. The van der Waals surface area contributed by atoms with E-state index in [0.717, 1.165) is 37.6 Å². The molecule has 1 aliphatic heterocycles. The van der Waals surface area contributed by atoms with Gasteiger partial charge in [0, 0.05) is 5.92 Å². The first-order valence-electron chi connectivity index (χ1n) is 8.76. The largest absolute Gasteiger partial charge is 0.325 e. The fraction of sp³-hybridized carbons (Fsp3) is 0.611. The number of piperidine rings is 1. The lowest BCUT2D eigenvalue weighted by atomic mass is 9.75. The molecule has 1 aliphatic carbocycles. The Hall–Kier alpha value is -1.56. The number of amides is 1. The lowest BCUT2D eigenvalue weighted by Gasteiger charge is -2.40. The molecule has 1 aromatic carbocycles. The molecule has 0 aromatic heterocycles. The normalized spacial score (nSPS) is 28.1. The number of carbonyl (C=O) groups is 1. The summed E-state index contributed by atoms with van der Waals surface area (Å²) in [4.78, 5) is 13.6. The van der Waals surface area contributed by atoms with Crippen LogP contribution >= 0.6 is 0 Å². The molecule has 2 N–H and O–H groups in total. The van der Waals surface area contributed by atoms with Crippen molar-refractivity contribution < 1.29 is 22.9 Å². The Bertz CT molecular complexity index is 623. The van der Waals surface area contributed by atoms with Crippen LogP contribution < -0.4 is 10.2 Å². The third-order valence-electron chi connectivity index (χ3n) is 5.73. The van der Waals surface area contributed by atoms with Crippen LogP contribution in [0.3, 0.4) is 0 Å². The SMILES string of the molecule is C[C@H](C(=O)Nc1ccc(F)c(F)c1F)[NH+]1CC[C@@H]2CCCC[C@@H]2C1. The van der Waals surface area contributed by atoms with Crippen molar-refractivity contribution in [2.45, 2.75) is 45.1 Å². The molecular weight excluding hydrogens is 317 g/mol. The average molecular weight is 341 g/mol. The van der Waals surface area contributed by atoms with Gasteiger partial charge in [0.1, 0.15) is 0 Å². The van der Waals surface area contributed by atoms with Crippen molar-refractivity contribution in [3.05, 3.63) is 29.6 Å². The van der Waals surface area contributed by atoms with E-state index in [9.17, 15) is 18.0 Å². The first-order chi connectivity index (χ1) is 11.5. The summed E-state index contributed by atoms with van der Waals surface area (Å²) in [5.74, 6) is -3.08. The van der Waals surface area contributed by atoms with E-state index in [1.54, 1.807) is 0 Å². The van der Waals surface area contributed by atoms with Crippen LogP contribution in [0.1, 0.15) is 39.0 Å². The molecule has 1 aromatic rings. The Labute approximate surface area is 140 Å². The number of halogens is 3. The van der Waals surface area contributed by atoms with Gasteiger partial charge in [0.05, 0.1) is 18.8 Å². The predicted molar refractivity (Wildman–Crippen MR) is 85.2 cm³/mol. The molecule has 132 valence electrons. The zero-order valence-corrected chi connectivity index (χ0v) is 13.9. The van der Waals surface area contributed by atoms with E-state index in [-0.39, 0.29) is 17.6 Å². The molecule has 1 amide bonds. The van der Waals surface area contributed by atoms with E-state index >= 15 is 0 Å². The van der Waals surface area contributed by atoms with Crippen molar-refractivity contribution >= 4 is 11.6 Å². The van der Waals surface area contributed by atoms with Gasteiger partial charge in [0.25, 0.3) is 5.91 Å². The molecule has 1 saturated carbocycles. The number of likely N-dealkylation sites (tertiary alicyclic amines) is 1. The lowest BCUT2D eigenvalue weighted by Crippen LogP contribution is -3.18. The maximum Gasteiger partial charge on any atom is 0.282 e. The van der Waals surface area contributed by atoms with Gasteiger partial charge < -0.3 is 10.2 Å². The number of nitrogens with one attached hydrogen (secondary N) is 2. The minimum absolute atomic E-state index is 0.308. The van der Waals surface area contributed by atoms with Gasteiger partial charge in [-0.05, 0) is 44.2 Å². The molecule has 3 rings (SSSR count). The second-order valence-electron chi connectivity index (χ2n) is 7.14. The van der Waals surface area contributed by atoms with Crippen LogP contribution in [0.25, 0.3) is 0 Å².